The van der Waals surface area contributed by atoms with Crippen molar-refractivity contribution in [2.45, 2.75) is 50.5 Å². The SMILES string of the molecule is CCCCN(C)S(=O)(=O)c1ccc(C(=O)N(CC2CCCO2)c2nc3c(C)c(Cl)ccc3s2)cc1. The highest BCUT2D eigenvalue weighted by atomic mass is 35.5. The van der Waals surface area contributed by atoms with Gasteiger partial charge in [-0.1, -0.05) is 36.3 Å². The van der Waals surface area contributed by atoms with Crippen molar-refractivity contribution in [2.75, 3.05) is 31.6 Å². The molecule has 1 fully saturated rings. The minimum atomic E-state index is -3.61. The minimum absolute atomic E-state index is 0.0671. The lowest BCUT2D eigenvalue weighted by molar-refractivity contribution is 0.0917. The van der Waals surface area contributed by atoms with E-state index in [1.807, 2.05) is 26.0 Å². The molecule has 1 atom stereocenters. The van der Waals surface area contributed by atoms with Crippen molar-refractivity contribution in [3.63, 3.8) is 0 Å². The number of anilines is 1. The number of hydrogen-bond acceptors (Lipinski definition) is 6. The molecular weight excluding hydrogens is 506 g/mol. The number of fused-ring (bicyclic) bond motifs is 1. The molecule has 2 aromatic carbocycles. The molecule has 0 N–H and O–H groups in total. The van der Waals surface area contributed by atoms with Gasteiger partial charge < -0.3 is 4.74 Å². The van der Waals surface area contributed by atoms with Crippen molar-refractivity contribution in [1.82, 2.24) is 9.29 Å². The molecule has 0 saturated carbocycles. The summed E-state index contributed by atoms with van der Waals surface area (Å²) >= 11 is 7.72. The van der Waals surface area contributed by atoms with Crippen molar-refractivity contribution in [3.8, 4) is 0 Å². The zero-order chi connectivity index (χ0) is 25.2. The average molecular weight is 536 g/mol. The van der Waals surface area contributed by atoms with Crippen LogP contribution in [0.25, 0.3) is 10.2 Å². The Labute approximate surface area is 215 Å². The van der Waals surface area contributed by atoms with E-state index in [0.717, 1.165) is 41.5 Å². The fraction of sp³-hybridized carbons (Fsp3) is 0.440. The second-order valence-corrected chi connectivity index (χ2v) is 12.2. The van der Waals surface area contributed by atoms with Gasteiger partial charge in [0.15, 0.2) is 5.13 Å². The molecule has 1 aliphatic heterocycles. The number of sulfonamides is 1. The van der Waals surface area contributed by atoms with E-state index in [9.17, 15) is 13.2 Å². The Kier molecular flexibility index (Phi) is 8.12. The summed E-state index contributed by atoms with van der Waals surface area (Å²) in [5.74, 6) is -0.244. The molecule has 7 nitrogen and oxygen atoms in total. The largest absolute Gasteiger partial charge is 0.376 e. The fourth-order valence-electron chi connectivity index (χ4n) is 4.05. The first-order chi connectivity index (χ1) is 16.7. The molecule has 0 radical (unpaired) electrons. The Morgan fingerprint density at radius 3 is 2.63 bits per heavy atom. The van der Waals surface area contributed by atoms with Gasteiger partial charge in [0, 0.05) is 30.8 Å². The van der Waals surface area contributed by atoms with Gasteiger partial charge in [-0.25, -0.2) is 17.7 Å². The Morgan fingerprint density at radius 1 is 1.23 bits per heavy atom. The number of carbonyl (C=O) groups is 1. The van der Waals surface area contributed by atoms with E-state index in [2.05, 4.69) is 0 Å². The van der Waals surface area contributed by atoms with E-state index in [0.29, 0.717) is 35.4 Å². The highest BCUT2D eigenvalue weighted by Gasteiger charge is 2.28. The predicted octanol–water partition coefficient (Wildman–Crippen LogP) is 5.50. The number of thiazole rings is 1. The maximum atomic E-state index is 13.6. The lowest BCUT2D eigenvalue weighted by atomic mass is 10.2. The molecule has 2 heterocycles. The van der Waals surface area contributed by atoms with Gasteiger partial charge in [-0.05, 0) is 68.1 Å². The van der Waals surface area contributed by atoms with Crippen molar-refractivity contribution in [1.29, 1.82) is 0 Å². The number of hydrogen-bond donors (Lipinski definition) is 0. The molecule has 1 aromatic heterocycles. The van der Waals surface area contributed by atoms with E-state index in [-0.39, 0.29) is 16.9 Å². The van der Waals surface area contributed by atoms with Crippen molar-refractivity contribution >= 4 is 54.2 Å². The van der Waals surface area contributed by atoms with Crippen molar-refractivity contribution in [2.24, 2.45) is 0 Å². The van der Waals surface area contributed by atoms with Crippen LogP contribution in [0.3, 0.4) is 0 Å². The molecule has 35 heavy (non-hydrogen) atoms. The van der Waals surface area contributed by atoms with Crippen LogP contribution in [-0.2, 0) is 14.8 Å². The summed E-state index contributed by atoms with van der Waals surface area (Å²) in [5.41, 5.74) is 2.05. The first-order valence-corrected chi connectivity index (χ1v) is 14.4. The number of nitrogens with zero attached hydrogens (tertiary/aromatic N) is 3. The normalized spacial score (nSPS) is 16.3. The molecule has 1 unspecified atom stereocenters. The van der Waals surface area contributed by atoms with Gasteiger partial charge in [0.05, 0.1) is 27.8 Å². The van der Waals surface area contributed by atoms with E-state index >= 15 is 0 Å². The lowest BCUT2D eigenvalue weighted by Crippen LogP contribution is -2.37. The third-order valence-corrected chi connectivity index (χ3v) is 9.58. The number of unbranched alkanes of at least 4 members (excludes halogenated alkanes) is 1. The zero-order valence-electron chi connectivity index (χ0n) is 20.2. The topological polar surface area (TPSA) is 79.8 Å². The highest BCUT2D eigenvalue weighted by Crippen LogP contribution is 2.35. The summed E-state index contributed by atoms with van der Waals surface area (Å²) in [6.07, 6.45) is 3.46. The molecule has 4 rings (SSSR count). The number of benzene rings is 2. The summed E-state index contributed by atoms with van der Waals surface area (Å²) in [6, 6.07) is 9.88. The van der Waals surface area contributed by atoms with Crippen LogP contribution < -0.4 is 4.90 Å². The zero-order valence-corrected chi connectivity index (χ0v) is 22.5. The van der Waals surface area contributed by atoms with E-state index in [1.165, 1.54) is 27.8 Å². The Bertz CT molecular complexity index is 1300. The third-order valence-electron chi connectivity index (χ3n) is 6.26. The first-order valence-electron chi connectivity index (χ1n) is 11.8. The highest BCUT2D eigenvalue weighted by molar-refractivity contribution is 7.89. The van der Waals surface area contributed by atoms with E-state index < -0.39 is 10.0 Å². The number of aromatic nitrogens is 1. The molecule has 10 heteroatoms. The molecule has 1 amide bonds. The summed E-state index contributed by atoms with van der Waals surface area (Å²) in [5, 5.41) is 1.20. The van der Waals surface area contributed by atoms with Crippen LogP contribution in [0.1, 0.15) is 48.5 Å². The third kappa shape index (κ3) is 5.54. The lowest BCUT2D eigenvalue weighted by Gasteiger charge is -2.23. The molecule has 1 aliphatic rings. The minimum Gasteiger partial charge on any atom is -0.376 e. The smallest absolute Gasteiger partial charge is 0.260 e. The van der Waals surface area contributed by atoms with Crippen molar-refractivity contribution < 1.29 is 17.9 Å². The van der Waals surface area contributed by atoms with Crippen LogP contribution >= 0.6 is 22.9 Å². The van der Waals surface area contributed by atoms with Crippen molar-refractivity contribution in [3.05, 3.63) is 52.5 Å². The molecule has 3 aromatic rings. The molecule has 0 spiro atoms. The summed E-state index contributed by atoms with van der Waals surface area (Å²) in [6.45, 7) is 5.45. The number of aryl methyl sites for hydroxylation is 1. The molecular formula is C25H30ClN3O4S2. The average Bonchev–Trinajstić information content (AvgIpc) is 3.53. The number of halogens is 1. The molecule has 188 valence electrons. The van der Waals surface area contributed by atoms with Gasteiger partial charge >= 0.3 is 0 Å². The van der Waals surface area contributed by atoms with Gasteiger partial charge in [0.1, 0.15) is 0 Å². The quantitative estimate of drug-likeness (QED) is 0.361. The summed E-state index contributed by atoms with van der Waals surface area (Å²) in [4.78, 5) is 20.2. The van der Waals surface area contributed by atoms with Gasteiger partial charge in [-0.3, -0.25) is 9.69 Å². The van der Waals surface area contributed by atoms with Crippen LogP contribution in [0.4, 0.5) is 5.13 Å². The van der Waals surface area contributed by atoms with Crippen LogP contribution in [-0.4, -0.2) is 56.5 Å². The maximum absolute atomic E-state index is 13.6. The Hall–Kier alpha value is -2.04. The summed E-state index contributed by atoms with van der Waals surface area (Å²) < 4.78 is 33.8. The first kappa shape index (κ1) is 26.0. The van der Waals surface area contributed by atoms with Crippen LogP contribution in [0.15, 0.2) is 41.3 Å². The predicted molar refractivity (Wildman–Crippen MR) is 141 cm³/mol. The van der Waals surface area contributed by atoms with Crippen LogP contribution in [0.5, 0.6) is 0 Å². The number of carbonyl (C=O) groups excluding carboxylic acids is 1. The number of rotatable bonds is 9. The molecule has 0 bridgehead atoms. The van der Waals surface area contributed by atoms with E-state index in [4.69, 9.17) is 21.3 Å². The monoisotopic (exact) mass is 535 g/mol. The van der Waals surface area contributed by atoms with Crippen LogP contribution in [0, 0.1) is 6.92 Å². The second kappa shape index (κ2) is 10.9. The second-order valence-electron chi connectivity index (χ2n) is 8.77. The van der Waals surface area contributed by atoms with Gasteiger partial charge in [-0.15, -0.1) is 0 Å². The number of amides is 1. The summed E-state index contributed by atoms with van der Waals surface area (Å²) in [7, 11) is -2.03. The maximum Gasteiger partial charge on any atom is 0.260 e. The molecule has 0 aliphatic carbocycles. The van der Waals surface area contributed by atoms with Gasteiger partial charge in [0.25, 0.3) is 5.91 Å². The van der Waals surface area contributed by atoms with E-state index in [1.54, 1.807) is 24.1 Å². The molecule has 1 saturated heterocycles. The van der Waals surface area contributed by atoms with Gasteiger partial charge in [0.2, 0.25) is 10.0 Å². The standard InChI is InChI=1S/C25H30ClN3O4S2/c1-4-5-14-28(3)35(31,32)20-10-8-18(9-11-20)24(30)29(16-19-7-6-15-33-19)25-27-23-17(2)21(26)12-13-22(23)34-25/h8-13,19H,4-7,14-16H2,1-3H3. The Morgan fingerprint density at radius 2 is 1.97 bits per heavy atom. The fourth-order valence-corrected chi connectivity index (χ4v) is 6.44. The van der Waals surface area contributed by atoms with Crippen LogP contribution in [0.2, 0.25) is 5.02 Å². The van der Waals surface area contributed by atoms with Gasteiger partial charge in [-0.2, -0.15) is 0 Å². The number of ether oxygens (including phenoxy) is 1. The Balaban J connectivity index is 1.64.